The second kappa shape index (κ2) is 8.69. The zero-order valence-corrected chi connectivity index (χ0v) is 16.0. The lowest BCUT2D eigenvalue weighted by molar-refractivity contribution is 0.561. The van der Waals surface area contributed by atoms with Gasteiger partial charge >= 0.3 is 5.69 Å². The summed E-state index contributed by atoms with van der Waals surface area (Å²) in [5.74, 6) is 0.803. The maximum Gasteiger partial charge on any atom is 0.347 e. The number of rotatable bonds is 2. The number of imidazole rings is 1. The first kappa shape index (κ1) is 21.5. The topological polar surface area (TPSA) is 78.5 Å². The molecule has 0 aliphatic carbocycles. The minimum absolute atomic E-state index is 0. The molecular formula is C19H30N6O. The lowest BCUT2D eigenvalue weighted by Crippen LogP contribution is -2.24. The molecule has 0 unspecified atom stereocenters. The third-order valence-electron chi connectivity index (χ3n) is 3.79. The molecule has 0 saturated carbocycles. The Balaban J connectivity index is 0.000000258. The Morgan fingerprint density at radius 3 is 2.08 bits per heavy atom. The van der Waals surface area contributed by atoms with Crippen molar-refractivity contribution >= 4 is 11.2 Å². The highest BCUT2D eigenvalue weighted by Gasteiger charge is 2.10. The highest BCUT2D eigenvalue weighted by Crippen LogP contribution is 2.17. The van der Waals surface area contributed by atoms with Gasteiger partial charge in [0.2, 0.25) is 0 Å². The smallest absolute Gasteiger partial charge is 0.313 e. The van der Waals surface area contributed by atoms with Crippen LogP contribution in [0.1, 0.15) is 64.4 Å². The van der Waals surface area contributed by atoms with E-state index in [1.807, 2.05) is 47.0 Å². The summed E-state index contributed by atoms with van der Waals surface area (Å²) < 4.78 is 3.67. The average molecular weight is 358 g/mol. The summed E-state index contributed by atoms with van der Waals surface area (Å²) in [5.41, 5.74) is 3.40. The Hall–Kier alpha value is -2.57. The van der Waals surface area contributed by atoms with E-state index in [0.29, 0.717) is 6.04 Å². The van der Waals surface area contributed by atoms with Gasteiger partial charge in [-0.2, -0.15) is 4.98 Å². The minimum atomic E-state index is -0.167. The fraction of sp³-hybridized carbons (Fsp3) is 0.526. The van der Waals surface area contributed by atoms with Crippen LogP contribution in [0.15, 0.2) is 23.4 Å². The molecule has 0 amide bonds. The Kier molecular flexibility index (Phi) is 7.18. The summed E-state index contributed by atoms with van der Waals surface area (Å²) in [6, 6.07) is 2.41. The van der Waals surface area contributed by atoms with Gasteiger partial charge in [-0.15, -0.1) is 0 Å². The third kappa shape index (κ3) is 4.74. The van der Waals surface area contributed by atoms with E-state index in [9.17, 15) is 4.79 Å². The van der Waals surface area contributed by atoms with Gasteiger partial charge in [-0.3, -0.25) is 4.57 Å². The van der Waals surface area contributed by atoms with Gasteiger partial charge in [0.05, 0.1) is 12.0 Å². The molecule has 3 aromatic rings. The van der Waals surface area contributed by atoms with Crippen molar-refractivity contribution < 1.29 is 0 Å². The average Bonchev–Trinajstić information content (AvgIpc) is 2.91. The van der Waals surface area contributed by atoms with Crippen LogP contribution in [-0.4, -0.2) is 29.1 Å². The van der Waals surface area contributed by atoms with Crippen LogP contribution in [-0.2, 0) is 0 Å². The van der Waals surface area contributed by atoms with Crippen molar-refractivity contribution in [2.24, 2.45) is 0 Å². The summed E-state index contributed by atoms with van der Waals surface area (Å²) in [6.45, 7) is 13.8. The molecule has 142 valence electrons. The van der Waals surface area contributed by atoms with E-state index in [1.165, 1.54) is 0 Å². The molecule has 0 saturated heterocycles. The number of fused-ring (bicyclic) bond motifs is 1. The van der Waals surface area contributed by atoms with Crippen LogP contribution in [0.2, 0.25) is 0 Å². The Morgan fingerprint density at radius 2 is 1.54 bits per heavy atom. The predicted molar refractivity (Wildman–Crippen MR) is 106 cm³/mol. The van der Waals surface area contributed by atoms with Crippen molar-refractivity contribution in [1.29, 1.82) is 0 Å². The quantitative estimate of drug-likeness (QED) is 0.696. The molecular weight excluding hydrogens is 328 g/mol. The van der Waals surface area contributed by atoms with E-state index >= 15 is 0 Å². The van der Waals surface area contributed by atoms with Gasteiger partial charge in [-0.1, -0.05) is 7.43 Å². The lowest BCUT2D eigenvalue weighted by atomic mass is 10.3. The molecule has 3 aromatic heterocycles. The van der Waals surface area contributed by atoms with Crippen molar-refractivity contribution in [1.82, 2.24) is 29.1 Å². The van der Waals surface area contributed by atoms with Crippen LogP contribution in [0.25, 0.3) is 11.2 Å². The number of hydrogen-bond acceptors (Lipinski definition) is 5. The zero-order chi connectivity index (χ0) is 18.7. The highest BCUT2D eigenvalue weighted by atomic mass is 16.1. The van der Waals surface area contributed by atoms with E-state index in [1.54, 1.807) is 10.8 Å². The molecule has 3 rings (SSSR count). The number of nitrogens with zero attached hydrogens (tertiary/aromatic N) is 6. The maximum atomic E-state index is 11.1. The van der Waals surface area contributed by atoms with Crippen LogP contribution < -0.4 is 5.69 Å². The molecule has 3 heterocycles. The normalized spacial score (nSPS) is 10.7. The molecule has 7 heteroatoms. The van der Waals surface area contributed by atoms with Crippen molar-refractivity contribution in [3.05, 3.63) is 46.3 Å². The van der Waals surface area contributed by atoms with E-state index in [2.05, 4.69) is 38.4 Å². The summed E-state index contributed by atoms with van der Waals surface area (Å²) in [5, 5.41) is 0. The molecule has 0 bridgehead atoms. The second-order valence-electron chi connectivity index (χ2n) is 6.63. The van der Waals surface area contributed by atoms with Gasteiger partial charge in [0, 0.05) is 24.0 Å². The van der Waals surface area contributed by atoms with E-state index in [0.717, 1.165) is 28.4 Å². The molecule has 26 heavy (non-hydrogen) atoms. The number of aryl methyl sites for hydroxylation is 3. The lowest BCUT2D eigenvalue weighted by Gasteiger charge is -2.07. The first-order chi connectivity index (χ1) is 11.7. The van der Waals surface area contributed by atoms with Gasteiger partial charge in [-0.25, -0.2) is 19.7 Å². The van der Waals surface area contributed by atoms with Gasteiger partial charge in [0.25, 0.3) is 0 Å². The SMILES string of the molecule is C.Cc1ccn(C(C)C)c(=O)n1.Cc1nc(C)c2ncn(C(C)C)c2n1. The van der Waals surface area contributed by atoms with Crippen LogP contribution in [0.3, 0.4) is 0 Å². The fourth-order valence-corrected chi connectivity index (χ4v) is 2.46. The summed E-state index contributed by atoms with van der Waals surface area (Å²) in [4.78, 5) is 27.9. The summed E-state index contributed by atoms with van der Waals surface area (Å²) in [6.07, 6.45) is 3.60. The Bertz CT molecular complexity index is 923. The van der Waals surface area contributed by atoms with Gasteiger partial charge in [0.1, 0.15) is 11.3 Å². The molecule has 7 nitrogen and oxygen atoms in total. The standard InChI is InChI=1S/C10H14N4.C8H12N2O.CH4/c1-6(2)14-5-11-9-7(3)12-8(4)13-10(9)14;1-6(2)10-5-4-7(3)9-8(10)11;/h5-6H,1-4H3;4-6H,1-3H3;1H4. The van der Waals surface area contributed by atoms with Crippen molar-refractivity contribution in [2.75, 3.05) is 0 Å². The van der Waals surface area contributed by atoms with Gasteiger partial charge in [0.15, 0.2) is 5.65 Å². The first-order valence-corrected chi connectivity index (χ1v) is 8.44. The summed E-state index contributed by atoms with van der Waals surface area (Å²) in [7, 11) is 0. The molecule has 0 aromatic carbocycles. The van der Waals surface area contributed by atoms with Crippen LogP contribution in [0.4, 0.5) is 0 Å². The number of hydrogen-bond donors (Lipinski definition) is 0. The molecule has 0 N–H and O–H groups in total. The predicted octanol–water partition coefficient (Wildman–Crippen LogP) is 3.79. The van der Waals surface area contributed by atoms with Gasteiger partial charge in [-0.05, 0) is 54.5 Å². The minimum Gasteiger partial charge on any atom is -0.313 e. The van der Waals surface area contributed by atoms with Crippen LogP contribution >= 0.6 is 0 Å². The zero-order valence-electron chi connectivity index (χ0n) is 16.0. The largest absolute Gasteiger partial charge is 0.347 e. The van der Waals surface area contributed by atoms with E-state index in [-0.39, 0.29) is 19.2 Å². The Morgan fingerprint density at radius 1 is 0.923 bits per heavy atom. The molecule has 0 atom stereocenters. The second-order valence-corrected chi connectivity index (χ2v) is 6.63. The van der Waals surface area contributed by atoms with Crippen molar-refractivity contribution in [3.8, 4) is 0 Å². The van der Waals surface area contributed by atoms with Gasteiger partial charge < -0.3 is 4.57 Å². The maximum absolute atomic E-state index is 11.1. The van der Waals surface area contributed by atoms with Crippen LogP contribution in [0, 0.1) is 20.8 Å². The monoisotopic (exact) mass is 358 g/mol. The molecule has 0 spiro atoms. The third-order valence-corrected chi connectivity index (χ3v) is 3.79. The van der Waals surface area contributed by atoms with E-state index in [4.69, 9.17) is 0 Å². The van der Waals surface area contributed by atoms with Crippen molar-refractivity contribution in [2.45, 2.75) is 68.0 Å². The molecule has 0 aliphatic rings. The van der Waals surface area contributed by atoms with E-state index < -0.39 is 0 Å². The molecule has 0 aliphatic heterocycles. The fourth-order valence-electron chi connectivity index (χ4n) is 2.46. The van der Waals surface area contributed by atoms with Crippen LogP contribution in [0.5, 0.6) is 0 Å². The first-order valence-electron chi connectivity index (χ1n) is 8.44. The molecule has 0 fully saturated rings. The Labute approximate surface area is 155 Å². The summed E-state index contributed by atoms with van der Waals surface area (Å²) >= 11 is 0. The molecule has 0 radical (unpaired) electrons. The highest BCUT2D eigenvalue weighted by molar-refractivity contribution is 5.73. The van der Waals surface area contributed by atoms with Crippen molar-refractivity contribution in [3.63, 3.8) is 0 Å². The number of aromatic nitrogens is 6.